The van der Waals surface area contributed by atoms with E-state index in [4.69, 9.17) is 4.74 Å². The van der Waals surface area contributed by atoms with Crippen molar-refractivity contribution in [2.75, 3.05) is 13.1 Å². The summed E-state index contributed by atoms with van der Waals surface area (Å²) in [5.41, 5.74) is 0.0286. The van der Waals surface area contributed by atoms with Gasteiger partial charge in [0.05, 0.1) is 4.90 Å². The molecule has 158 valence electrons. The summed E-state index contributed by atoms with van der Waals surface area (Å²) < 4.78 is 34.0. The van der Waals surface area contributed by atoms with Crippen molar-refractivity contribution in [1.82, 2.24) is 9.62 Å². The lowest BCUT2D eigenvalue weighted by atomic mass is 10.1. The number of aryl methyl sites for hydroxylation is 1. The highest BCUT2D eigenvalue weighted by Crippen LogP contribution is 2.29. The van der Waals surface area contributed by atoms with E-state index in [1.54, 1.807) is 45.9 Å². The Morgan fingerprint density at radius 2 is 1.90 bits per heavy atom. The van der Waals surface area contributed by atoms with Crippen LogP contribution in [0.3, 0.4) is 0 Å². The third-order valence-corrected chi connectivity index (χ3v) is 6.77. The molecule has 1 saturated heterocycles. The average Bonchev–Trinajstić information content (AvgIpc) is 2.59. The highest BCUT2D eigenvalue weighted by atomic mass is 32.2. The van der Waals surface area contributed by atoms with Crippen LogP contribution in [0.5, 0.6) is 0 Å². The molecule has 2 aromatic rings. The van der Waals surface area contributed by atoms with Gasteiger partial charge in [-0.25, -0.2) is 13.2 Å². The number of nitrogens with one attached hydrogen (secondary N) is 1. The molecule has 8 nitrogen and oxygen atoms in total. The van der Waals surface area contributed by atoms with Gasteiger partial charge in [-0.05, 0) is 52.7 Å². The third kappa shape index (κ3) is 4.79. The van der Waals surface area contributed by atoms with Crippen molar-refractivity contribution in [3.63, 3.8) is 0 Å². The van der Waals surface area contributed by atoms with Crippen LogP contribution in [0.25, 0.3) is 10.8 Å². The lowest BCUT2D eigenvalue weighted by Gasteiger charge is -2.32. The molecule has 0 unspecified atom stereocenters. The van der Waals surface area contributed by atoms with Crippen molar-refractivity contribution >= 4 is 26.9 Å². The Bertz CT molecular complexity index is 1020. The van der Waals surface area contributed by atoms with E-state index in [9.17, 15) is 18.4 Å². The number of piperidine rings is 1. The minimum Gasteiger partial charge on any atom is -0.619 e. The summed E-state index contributed by atoms with van der Waals surface area (Å²) in [5, 5.41) is 15.7. The van der Waals surface area contributed by atoms with Crippen molar-refractivity contribution in [3.05, 3.63) is 41.4 Å². The van der Waals surface area contributed by atoms with Crippen molar-refractivity contribution in [1.29, 1.82) is 0 Å². The lowest BCUT2D eigenvalue weighted by molar-refractivity contribution is -0.604. The van der Waals surface area contributed by atoms with E-state index < -0.39 is 21.7 Å². The van der Waals surface area contributed by atoms with Crippen LogP contribution in [0, 0.1) is 12.1 Å². The Morgan fingerprint density at radius 1 is 1.24 bits per heavy atom. The number of ether oxygens (including phenoxy) is 1. The highest BCUT2D eigenvalue weighted by Gasteiger charge is 2.32. The standard InChI is InChI=1S/C20H27N3O5S/c1-14-12-22(25)13-15-6-5-7-17(18(14)15)29(26,27)23-10-8-16(9-11-23)21-19(24)28-20(2,3)4/h5-7,12-13,16H,8-11H2,1-4H3,(H,21,24). The molecule has 0 spiro atoms. The lowest BCUT2D eigenvalue weighted by Crippen LogP contribution is -2.47. The Morgan fingerprint density at radius 3 is 2.52 bits per heavy atom. The Hall–Kier alpha value is -2.39. The summed E-state index contributed by atoms with van der Waals surface area (Å²) in [6, 6.07) is 4.81. The van der Waals surface area contributed by atoms with E-state index >= 15 is 0 Å². The molecule has 29 heavy (non-hydrogen) atoms. The summed E-state index contributed by atoms with van der Waals surface area (Å²) in [4.78, 5) is 12.1. The molecule has 1 aliphatic rings. The summed E-state index contributed by atoms with van der Waals surface area (Å²) in [7, 11) is -3.73. The first-order valence-electron chi connectivity index (χ1n) is 9.59. The van der Waals surface area contributed by atoms with Gasteiger partial charge in [0.15, 0.2) is 12.4 Å². The molecule has 0 radical (unpaired) electrons. The number of benzene rings is 1. The normalized spacial score (nSPS) is 16.7. The molecule has 2 heterocycles. The van der Waals surface area contributed by atoms with Crippen LogP contribution >= 0.6 is 0 Å². The third-order valence-electron chi connectivity index (χ3n) is 4.83. The first kappa shape index (κ1) is 21.3. The number of hydrogen-bond acceptors (Lipinski definition) is 5. The second-order valence-electron chi connectivity index (χ2n) is 8.35. The first-order chi connectivity index (χ1) is 13.5. The fraction of sp³-hybridized carbons (Fsp3) is 0.500. The number of rotatable bonds is 3. The number of sulfonamides is 1. The molecule has 1 N–H and O–H groups in total. The fourth-order valence-electron chi connectivity index (χ4n) is 3.58. The fourth-order valence-corrected chi connectivity index (χ4v) is 5.33. The maximum atomic E-state index is 13.3. The van der Waals surface area contributed by atoms with Crippen molar-refractivity contribution < 1.29 is 22.7 Å². The van der Waals surface area contributed by atoms with E-state index in [-0.39, 0.29) is 10.9 Å². The molecule has 0 atom stereocenters. The van der Waals surface area contributed by atoms with Gasteiger partial charge in [-0.3, -0.25) is 0 Å². The van der Waals surface area contributed by atoms with Gasteiger partial charge in [0.2, 0.25) is 10.0 Å². The Kier molecular flexibility index (Phi) is 5.73. The molecule has 1 aliphatic heterocycles. The van der Waals surface area contributed by atoms with Crippen LogP contribution in [0.1, 0.15) is 39.2 Å². The van der Waals surface area contributed by atoms with Gasteiger partial charge in [-0.15, -0.1) is 0 Å². The summed E-state index contributed by atoms with van der Waals surface area (Å²) in [5.74, 6) is 0. The second kappa shape index (κ2) is 7.79. The minimum atomic E-state index is -3.73. The van der Waals surface area contributed by atoms with Gasteiger partial charge in [-0.2, -0.15) is 9.04 Å². The Labute approximate surface area is 171 Å². The summed E-state index contributed by atoms with van der Waals surface area (Å²) in [6.07, 6.45) is 3.26. The van der Waals surface area contributed by atoms with Crippen LogP contribution in [-0.2, 0) is 14.8 Å². The summed E-state index contributed by atoms with van der Waals surface area (Å²) in [6.45, 7) is 7.71. The minimum absolute atomic E-state index is 0.134. The molecule has 1 fully saturated rings. The molecule has 0 bridgehead atoms. The van der Waals surface area contributed by atoms with Crippen LogP contribution in [0.4, 0.5) is 4.79 Å². The average molecular weight is 422 g/mol. The molecule has 1 aromatic carbocycles. The predicted octanol–water partition coefficient (Wildman–Crippen LogP) is 2.46. The highest BCUT2D eigenvalue weighted by molar-refractivity contribution is 7.89. The number of fused-ring (bicyclic) bond motifs is 1. The van der Waals surface area contributed by atoms with Crippen LogP contribution in [0.2, 0.25) is 0 Å². The molecule has 0 saturated carbocycles. The second-order valence-corrected chi connectivity index (χ2v) is 10.3. The van der Waals surface area contributed by atoms with E-state index in [2.05, 4.69) is 5.32 Å². The molecule has 1 amide bonds. The largest absolute Gasteiger partial charge is 0.619 e. The zero-order valence-corrected chi connectivity index (χ0v) is 18.0. The van der Waals surface area contributed by atoms with Gasteiger partial charge < -0.3 is 15.3 Å². The number of pyridine rings is 1. The molecule has 3 rings (SSSR count). The van der Waals surface area contributed by atoms with Gasteiger partial charge in [0.25, 0.3) is 0 Å². The van der Waals surface area contributed by atoms with E-state index in [0.29, 0.717) is 47.0 Å². The van der Waals surface area contributed by atoms with Crippen molar-refractivity contribution in [2.45, 2.75) is 57.1 Å². The van der Waals surface area contributed by atoms with Crippen molar-refractivity contribution in [2.24, 2.45) is 0 Å². The van der Waals surface area contributed by atoms with Gasteiger partial charge >= 0.3 is 6.09 Å². The van der Waals surface area contributed by atoms with Gasteiger partial charge in [-0.1, -0.05) is 6.07 Å². The zero-order valence-electron chi connectivity index (χ0n) is 17.1. The molecular formula is C20H27N3O5S. The SMILES string of the molecule is Cc1c[n+]([O-])cc2cccc(S(=O)(=O)N3CCC(NC(=O)OC(C)(C)C)CC3)c12. The van der Waals surface area contributed by atoms with Gasteiger partial charge in [0, 0.05) is 35.5 Å². The van der Waals surface area contributed by atoms with E-state index in [1.807, 2.05) is 0 Å². The number of carbonyl (C=O) groups is 1. The number of alkyl carbamates (subject to hydrolysis) is 1. The number of carbonyl (C=O) groups excluding carboxylic acids is 1. The van der Waals surface area contributed by atoms with E-state index in [1.165, 1.54) is 16.7 Å². The molecule has 1 aromatic heterocycles. The molecule has 9 heteroatoms. The number of nitrogens with zero attached hydrogens (tertiary/aromatic N) is 2. The quantitative estimate of drug-likeness (QED) is 0.606. The maximum absolute atomic E-state index is 13.3. The maximum Gasteiger partial charge on any atom is 0.407 e. The predicted molar refractivity (Wildman–Crippen MR) is 109 cm³/mol. The smallest absolute Gasteiger partial charge is 0.407 e. The van der Waals surface area contributed by atoms with Gasteiger partial charge in [0.1, 0.15) is 5.60 Å². The number of amides is 1. The molecular weight excluding hydrogens is 394 g/mol. The van der Waals surface area contributed by atoms with Crippen molar-refractivity contribution in [3.8, 4) is 0 Å². The molecule has 0 aliphatic carbocycles. The van der Waals surface area contributed by atoms with Crippen LogP contribution < -0.4 is 10.0 Å². The van der Waals surface area contributed by atoms with Crippen LogP contribution in [-0.4, -0.2) is 43.5 Å². The zero-order chi connectivity index (χ0) is 21.4. The monoisotopic (exact) mass is 421 g/mol. The van der Waals surface area contributed by atoms with Crippen LogP contribution in [0.15, 0.2) is 35.5 Å². The number of aromatic nitrogens is 1. The summed E-state index contributed by atoms with van der Waals surface area (Å²) >= 11 is 0. The Balaban J connectivity index is 1.76. The van der Waals surface area contributed by atoms with E-state index in [0.717, 1.165) is 0 Å². The first-order valence-corrected chi connectivity index (χ1v) is 11.0. The number of hydrogen-bond donors (Lipinski definition) is 1. The topological polar surface area (TPSA) is 103 Å².